The van der Waals surface area contributed by atoms with E-state index in [0.29, 0.717) is 17.9 Å². The second-order valence-electron chi connectivity index (χ2n) is 13.0. The summed E-state index contributed by atoms with van der Waals surface area (Å²) in [5.41, 5.74) is -0.624. The molecule has 0 saturated carbocycles. The van der Waals surface area contributed by atoms with Crippen molar-refractivity contribution in [1.82, 2.24) is 10.2 Å². The summed E-state index contributed by atoms with van der Waals surface area (Å²) in [6.07, 6.45) is 5.10. The van der Waals surface area contributed by atoms with E-state index in [1.165, 1.54) is 33.1 Å². The molecule has 261 valence electrons. The molecule has 12 nitrogen and oxygen atoms in total. The summed E-state index contributed by atoms with van der Waals surface area (Å²) in [4.78, 5) is 53.8. The largest absolute Gasteiger partial charge is 0.520 e. The van der Waals surface area contributed by atoms with E-state index in [9.17, 15) is 24.3 Å². The van der Waals surface area contributed by atoms with Gasteiger partial charge in [0.15, 0.2) is 5.72 Å². The van der Waals surface area contributed by atoms with Crippen LogP contribution in [0, 0.1) is 11.8 Å². The number of esters is 1. The maximum atomic E-state index is 13.9. The molecule has 3 aliphatic heterocycles. The van der Waals surface area contributed by atoms with Crippen LogP contribution >= 0.6 is 11.6 Å². The molecule has 0 aromatic heterocycles. The minimum Gasteiger partial charge on any atom is -0.520 e. The molecular weight excluding hydrogens is 719 g/mol. The first-order chi connectivity index (χ1) is 22.1. The van der Waals surface area contributed by atoms with Crippen molar-refractivity contribution in [3.05, 3.63) is 46.5 Å². The number of carbonyl (C=O) groups is 3. The Labute approximate surface area is 312 Å². The number of fused-ring (bicyclic) bond motifs is 5. The number of nitrogens with one attached hydrogen (secondary N) is 1. The van der Waals surface area contributed by atoms with Crippen LogP contribution in [-0.2, 0) is 72.5 Å². The van der Waals surface area contributed by atoms with Crippen LogP contribution < -0.4 is 15.0 Å². The number of halogens is 1. The van der Waals surface area contributed by atoms with Gasteiger partial charge >= 0.3 is 5.97 Å². The van der Waals surface area contributed by atoms with E-state index >= 15 is 0 Å². The number of amides is 3. The summed E-state index contributed by atoms with van der Waals surface area (Å²) < 4.78 is 23.4. The maximum absolute atomic E-state index is 13.9. The minimum absolute atomic E-state index is 0. The number of nitrogens with zero attached hydrogens (tertiary/aromatic N) is 2. The van der Waals surface area contributed by atoms with Gasteiger partial charge in [0.05, 0.1) is 31.4 Å². The quantitative estimate of drug-likeness (QED) is 0.193. The second kappa shape index (κ2) is 16.1. The zero-order chi connectivity index (χ0) is 34.8. The van der Waals surface area contributed by atoms with Crippen molar-refractivity contribution in [2.75, 3.05) is 33.2 Å². The molecule has 0 spiro atoms. The smallest absolute Gasteiger partial charge is 0.326 e. The number of hydrogen-bond acceptors (Lipinski definition) is 9. The standard InChI is InChI=1S/C34H45ClN3O9.Y/c1-19-10-9-11-26(45-8)34(43)17-23(15-28(40)36-34)20(2)31-33(4,47-31)27(46-32(42)21(3)37(5)18-39)16-29(41)38(6)24-13-22(12-19)14-25(44-7)30(24)35;/h9-11,13-14,20-21,23,26-27,31,43H,12,15-17H2,1-8H3,(H,36,40);/q-1;/b11-9+,19-10+;/t20?,21-,23?,26?,27?,31?,33?,34?;/m0./s1. The number of ether oxygens (including phenoxy) is 4. The zero-order valence-corrected chi connectivity index (χ0v) is 32.3. The van der Waals surface area contributed by atoms with Gasteiger partial charge in [0.25, 0.3) is 0 Å². The third-order valence-corrected chi connectivity index (χ3v) is 10.1. The number of aliphatic hydroxyl groups is 1. The van der Waals surface area contributed by atoms with Crippen molar-refractivity contribution >= 4 is 41.5 Å². The molecule has 8 atom stereocenters. The summed E-state index contributed by atoms with van der Waals surface area (Å²) in [5, 5.41) is 14.7. The Morgan fingerprint density at radius 2 is 1.96 bits per heavy atom. The van der Waals surface area contributed by atoms with Crippen molar-refractivity contribution in [3.8, 4) is 5.75 Å². The number of epoxide rings is 1. The van der Waals surface area contributed by atoms with Crippen molar-refractivity contribution in [3.63, 3.8) is 0 Å². The predicted octanol–water partition coefficient (Wildman–Crippen LogP) is 3.08. The van der Waals surface area contributed by atoms with E-state index < -0.39 is 47.6 Å². The first-order valence-corrected chi connectivity index (χ1v) is 16.0. The van der Waals surface area contributed by atoms with Crippen molar-refractivity contribution < 1.29 is 75.9 Å². The van der Waals surface area contributed by atoms with Crippen LogP contribution in [0.15, 0.2) is 35.9 Å². The van der Waals surface area contributed by atoms with Crippen LogP contribution in [0.3, 0.4) is 0 Å². The number of anilines is 1. The Morgan fingerprint density at radius 1 is 1.27 bits per heavy atom. The molecule has 1 aromatic carbocycles. The molecule has 3 heterocycles. The number of methoxy groups -OCH3 is 2. The van der Waals surface area contributed by atoms with E-state index in [2.05, 4.69) is 5.32 Å². The number of likely N-dealkylation sites (N-methyl/N-ethyl adjacent to an activating group) is 1. The van der Waals surface area contributed by atoms with Crippen LogP contribution in [0.25, 0.3) is 0 Å². The molecule has 3 aliphatic rings. The van der Waals surface area contributed by atoms with Crippen LogP contribution in [0.5, 0.6) is 5.75 Å². The summed E-state index contributed by atoms with van der Waals surface area (Å²) >= 11 is 6.71. The number of allylic oxidation sites excluding steroid dienone is 3. The fraction of sp³-hybridized carbons (Fsp3) is 0.588. The van der Waals surface area contributed by atoms with Gasteiger partial charge in [-0.1, -0.05) is 42.3 Å². The molecule has 48 heavy (non-hydrogen) atoms. The van der Waals surface area contributed by atoms with Gasteiger partial charge in [0.2, 0.25) is 11.8 Å². The van der Waals surface area contributed by atoms with Gasteiger partial charge in [-0.2, -0.15) is 6.41 Å². The Morgan fingerprint density at radius 3 is 2.58 bits per heavy atom. The minimum atomic E-state index is -1.69. The molecule has 2 fully saturated rings. The Bertz CT molecular complexity index is 1460. The molecule has 4 bridgehead atoms. The molecule has 4 rings (SSSR count). The first-order valence-electron chi connectivity index (χ1n) is 15.6. The van der Waals surface area contributed by atoms with E-state index in [0.717, 1.165) is 16.0 Å². The molecular formula is C34H45ClN3O9Y-. The monoisotopic (exact) mass is 763 g/mol. The van der Waals surface area contributed by atoms with Crippen LogP contribution in [0.4, 0.5) is 5.69 Å². The average Bonchev–Trinajstić information content (AvgIpc) is 3.73. The molecule has 2 saturated heterocycles. The SMILES string of the molecule is COc1cc2cc(c1Cl)N(C)C(=O)CC(OC(=O)[C@H](C)N(C)[C-]=O)C1(C)OC1C(C)C1CC(=O)NC(O)(C1)C(OC)/C=C/C=C(\C)C2.[Y]. The summed E-state index contributed by atoms with van der Waals surface area (Å²) in [5.74, 6) is -1.72. The van der Waals surface area contributed by atoms with Gasteiger partial charge in [-0.15, -0.1) is 0 Å². The molecule has 3 amide bonds. The van der Waals surface area contributed by atoms with Crippen molar-refractivity contribution in [2.45, 2.75) is 89.1 Å². The predicted molar refractivity (Wildman–Crippen MR) is 174 cm³/mol. The van der Waals surface area contributed by atoms with Gasteiger partial charge in [0, 0.05) is 59.7 Å². The number of benzene rings is 1. The normalized spacial score (nSPS) is 33.1. The Balaban J connectivity index is 0.00000625. The topological polar surface area (TPSA) is 147 Å². The Kier molecular flexibility index (Phi) is 13.5. The van der Waals surface area contributed by atoms with Crippen molar-refractivity contribution in [2.24, 2.45) is 11.8 Å². The first kappa shape index (κ1) is 40.1. The third kappa shape index (κ3) is 8.50. The van der Waals surface area contributed by atoms with Crippen LogP contribution in [0.2, 0.25) is 5.02 Å². The number of rotatable bonds is 6. The zero-order valence-electron chi connectivity index (χ0n) is 28.7. The van der Waals surface area contributed by atoms with Gasteiger partial charge < -0.3 is 44.0 Å². The van der Waals surface area contributed by atoms with E-state index in [-0.39, 0.29) is 74.7 Å². The van der Waals surface area contributed by atoms with E-state index in [4.69, 9.17) is 30.5 Å². The van der Waals surface area contributed by atoms with E-state index in [1.807, 2.05) is 19.9 Å². The average molecular weight is 764 g/mol. The van der Waals surface area contributed by atoms with Crippen molar-refractivity contribution in [1.29, 1.82) is 0 Å². The summed E-state index contributed by atoms with van der Waals surface area (Å²) in [6, 6.07) is 2.62. The van der Waals surface area contributed by atoms with Gasteiger partial charge in [-0.25, -0.2) is 4.79 Å². The number of hydrogen-bond donors (Lipinski definition) is 2. The number of piperidine rings is 1. The van der Waals surface area contributed by atoms with Gasteiger partial charge in [-0.05, 0) is 63.8 Å². The third-order valence-electron chi connectivity index (χ3n) is 9.72. The van der Waals surface area contributed by atoms with Gasteiger partial charge in [-0.3, -0.25) is 9.59 Å². The molecule has 2 N–H and O–H groups in total. The Hall–Kier alpha value is -2.35. The molecule has 7 unspecified atom stereocenters. The summed E-state index contributed by atoms with van der Waals surface area (Å²) in [6.45, 7) is 7.10. The number of carbonyl (C=O) groups excluding carboxylic acids is 4. The van der Waals surface area contributed by atoms with Crippen LogP contribution in [-0.4, -0.2) is 98.2 Å². The second-order valence-corrected chi connectivity index (χ2v) is 13.4. The van der Waals surface area contributed by atoms with E-state index in [1.54, 1.807) is 44.7 Å². The molecule has 1 aromatic rings. The molecule has 14 heteroatoms. The fourth-order valence-electron chi connectivity index (χ4n) is 6.52. The molecule has 0 aliphatic carbocycles. The van der Waals surface area contributed by atoms with Crippen LogP contribution in [0.1, 0.15) is 52.5 Å². The maximum Gasteiger partial charge on any atom is 0.326 e. The summed E-state index contributed by atoms with van der Waals surface area (Å²) in [7, 11) is 5.94. The fourth-order valence-corrected chi connectivity index (χ4v) is 6.84. The van der Waals surface area contributed by atoms with Gasteiger partial charge in [0.1, 0.15) is 28.6 Å². The molecule has 1 radical (unpaired) electrons.